The molecule has 0 unspecified atom stereocenters. The number of carbonyl (C=O) groups excluding carboxylic acids is 1. The summed E-state index contributed by atoms with van der Waals surface area (Å²) >= 11 is 0. The quantitative estimate of drug-likeness (QED) is 0.522. The Morgan fingerprint density at radius 2 is 1.69 bits per heavy atom. The molecule has 1 saturated heterocycles. The molecule has 0 spiro atoms. The van der Waals surface area contributed by atoms with Gasteiger partial charge in [-0.05, 0) is 22.8 Å². The van der Waals surface area contributed by atoms with Crippen LogP contribution in [0, 0.1) is 0 Å². The van der Waals surface area contributed by atoms with Gasteiger partial charge in [0.15, 0.2) is 0 Å². The molecule has 5 rings (SSSR count). The van der Waals surface area contributed by atoms with Crippen LogP contribution in [-0.2, 0) is 11.2 Å². The summed E-state index contributed by atoms with van der Waals surface area (Å²) in [4.78, 5) is 14.5. The first-order valence-corrected chi connectivity index (χ1v) is 9.99. The fourth-order valence-electron chi connectivity index (χ4n) is 3.93. The van der Waals surface area contributed by atoms with Gasteiger partial charge < -0.3 is 4.90 Å². The molecule has 5 heteroatoms. The molecule has 29 heavy (non-hydrogen) atoms. The molecule has 1 amide bonds. The zero-order chi connectivity index (χ0) is 19.6. The molecular weight excluding hydrogens is 360 g/mol. The highest BCUT2D eigenvalue weighted by atomic mass is 16.2. The fourth-order valence-corrected chi connectivity index (χ4v) is 3.93. The van der Waals surface area contributed by atoms with E-state index in [1.165, 1.54) is 16.3 Å². The zero-order valence-electron chi connectivity index (χ0n) is 16.1. The Kier molecular flexibility index (Phi) is 4.56. The van der Waals surface area contributed by atoms with Crippen LogP contribution in [0.25, 0.3) is 22.0 Å². The summed E-state index contributed by atoms with van der Waals surface area (Å²) in [5.74, 6) is 0.206. The minimum atomic E-state index is 0.206. The van der Waals surface area contributed by atoms with E-state index in [-0.39, 0.29) is 11.9 Å². The number of benzene rings is 3. The van der Waals surface area contributed by atoms with E-state index in [0.717, 1.165) is 17.7 Å². The molecule has 4 aromatic rings. The summed E-state index contributed by atoms with van der Waals surface area (Å²) < 4.78 is 1.89. The van der Waals surface area contributed by atoms with Crippen molar-refractivity contribution in [1.82, 2.24) is 19.9 Å². The third-order valence-electron chi connectivity index (χ3n) is 5.66. The lowest BCUT2D eigenvalue weighted by Crippen LogP contribution is -2.50. The van der Waals surface area contributed by atoms with Gasteiger partial charge in [-0.15, -0.1) is 5.10 Å². The predicted molar refractivity (Wildman–Crippen MR) is 113 cm³/mol. The van der Waals surface area contributed by atoms with Crippen molar-refractivity contribution in [3.8, 4) is 11.3 Å². The van der Waals surface area contributed by atoms with E-state index < -0.39 is 0 Å². The molecule has 2 heterocycles. The number of carbonyl (C=O) groups is 1. The summed E-state index contributed by atoms with van der Waals surface area (Å²) in [5.41, 5.74) is 3.16. The summed E-state index contributed by atoms with van der Waals surface area (Å²) in [7, 11) is 0. The minimum absolute atomic E-state index is 0.206. The van der Waals surface area contributed by atoms with E-state index in [2.05, 4.69) is 46.7 Å². The number of likely N-dealkylation sites (tertiary alicyclic amines) is 1. The Morgan fingerprint density at radius 3 is 2.55 bits per heavy atom. The van der Waals surface area contributed by atoms with E-state index in [1.54, 1.807) is 0 Å². The van der Waals surface area contributed by atoms with Gasteiger partial charge in [0.2, 0.25) is 5.91 Å². The first-order valence-electron chi connectivity index (χ1n) is 9.99. The maximum Gasteiger partial charge on any atom is 0.223 e. The standard InChI is InChI=1S/C24H22N4O/c29-24(14-13-19-11-6-10-18-7-4-5-12-22(18)19)27-15-21(16-27)28-17-23(25-26-28)20-8-2-1-3-9-20/h1-12,17,21H,13-16H2. The highest BCUT2D eigenvalue weighted by Gasteiger charge is 2.32. The average molecular weight is 382 g/mol. The third kappa shape index (κ3) is 3.51. The highest BCUT2D eigenvalue weighted by molar-refractivity contribution is 5.86. The Balaban J connectivity index is 1.18. The second-order valence-electron chi connectivity index (χ2n) is 7.54. The van der Waals surface area contributed by atoms with Crippen LogP contribution < -0.4 is 0 Å². The van der Waals surface area contributed by atoms with Crippen LogP contribution in [0.3, 0.4) is 0 Å². The maximum atomic E-state index is 12.6. The first kappa shape index (κ1) is 17.6. The minimum Gasteiger partial charge on any atom is -0.338 e. The van der Waals surface area contributed by atoms with Crippen LogP contribution in [0.15, 0.2) is 79.0 Å². The normalized spacial score (nSPS) is 14.1. The molecule has 0 saturated carbocycles. The zero-order valence-corrected chi connectivity index (χ0v) is 16.1. The van der Waals surface area contributed by atoms with Crippen LogP contribution in [0.2, 0.25) is 0 Å². The van der Waals surface area contributed by atoms with E-state index in [9.17, 15) is 4.79 Å². The molecular formula is C24H22N4O. The van der Waals surface area contributed by atoms with Gasteiger partial charge in [-0.25, -0.2) is 4.68 Å². The van der Waals surface area contributed by atoms with Crippen LogP contribution in [0.1, 0.15) is 18.0 Å². The monoisotopic (exact) mass is 382 g/mol. The van der Waals surface area contributed by atoms with Gasteiger partial charge in [-0.3, -0.25) is 4.79 Å². The number of aryl methyl sites for hydroxylation is 1. The van der Waals surface area contributed by atoms with Crippen LogP contribution in [-0.4, -0.2) is 38.9 Å². The first-order chi connectivity index (χ1) is 14.3. The Hall–Kier alpha value is -3.47. The number of nitrogens with zero attached hydrogens (tertiary/aromatic N) is 4. The summed E-state index contributed by atoms with van der Waals surface area (Å²) in [6.45, 7) is 1.40. The molecule has 1 aliphatic heterocycles. The van der Waals surface area contributed by atoms with Crippen LogP contribution >= 0.6 is 0 Å². The van der Waals surface area contributed by atoms with Crippen molar-refractivity contribution in [3.05, 3.63) is 84.6 Å². The summed E-state index contributed by atoms with van der Waals surface area (Å²) in [5, 5.41) is 11.0. The van der Waals surface area contributed by atoms with Gasteiger partial charge in [0.25, 0.3) is 0 Å². The second-order valence-corrected chi connectivity index (χ2v) is 7.54. The number of amides is 1. The molecule has 5 nitrogen and oxygen atoms in total. The van der Waals surface area contributed by atoms with Crippen molar-refractivity contribution in [2.24, 2.45) is 0 Å². The number of fused-ring (bicyclic) bond motifs is 1. The smallest absolute Gasteiger partial charge is 0.223 e. The number of hydrogen-bond donors (Lipinski definition) is 0. The van der Waals surface area contributed by atoms with Gasteiger partial charge in [-0.2, -0.15) is 0 Å². The lowest BCUT2D eigenvalue weighted by atomic mass is 10.00. The summed E-state index contributed by atoms with van der Waals surface area (Å²) in [6, 6.07) is 24.9. The number of hydrogen-bond acceptors (Lipinski definition) is 3. The molecule has 1 aliphatic rings. The van der Waals surface area contributed by atoms with E-state index in [0.29, 0.717) is 19.5 Å². The van der Waals surface area contributed by atoms with Crippen molar-refractivity contribution in [2.45, 2.75) is 18.9 Å². The third-order valence-corrected chi connectivity index (χ3v) is 5.66. The number of rotatable bonds is 5. The van der Waals surface area contributed by atoms with Crippen LogP contribution in [0.4, 0.5) is 0 Å². The topological polar surface area (TPSA) is 51.0 Å². The Labute approximate surface area is 169 Å². The number of aromatic nitrogens is 3. The van der Waals surface area contributed by atoms with Crippen LogP contribution in [0.5, 0.6) is 0 Å². The van der Waals surface area contributed by atoms with Gasteiger partial charge in [0.05, 0.1) is 12.2 Å². The van der Waals surface area contributed by atoms with E-state index in [1.807, 2.05) is 52.2 Å². The Bertz CT molecular complexity index is 1140. The highest BCUT2D eigenvalue weighted by Crippen LogP contribution is 2.25. The average Bonchev–Trinajstić information content (AvgIpc) is 3.21. The predicted octanol–water partition coefficient (Wildman–Crippen LogP) is 4.11. The van der Waals surface area contributed by atoms with Crippen molar-refractivity contribution in [2.75, 3.05) is 13.1 Å². The molecule has 0 N–H and O–H groups in total. The van der Waals surface area contributed by atoms with E-state index >= 15 is 0 Å². The molecule has 3 aromatic carbocycles. The fraction of sp³-hybridized carbons (Fsp3) is 0.208. The molecule has 0 radical (unpaired) electrons. The largest absolute Gasteiger partial charge is 0.338 e. The molecule has 1 aromatic heterocycles. The molecule has 1 fully saturated rings. The van der Waals surface area contributed by atoms with Gasteiger partial charge in [0.1, 0.15) is 5.69 Å². The summed E-state index contributed by atoms with van der Waals surface area (Å²) in [6.07, 6.45) is 3.27. The van der Waals surface area contributed by atoms with Crippen molar-refractivity contribution < 1.29 is 4.79 Å². The maximum absolute atomic E-state index is 12.6. The van der Waals surface area contributed by atoms with Crippen molar-refractivity contribution >= 4 is 16.7 Å². The lowest BCUT2D eigenvalue weighted by Gasteiger charge is -2.39. The van der Waals surface area contributed by atoms with Gasteiger partial charge in [-0.1, -0.05) is 78.0 Å². The van der Waals surface area contributed by atoms with Crippen molar-refractivity contribution in [1.29, 1.82) is 0 Å². The molecule has 0 atom stereocenters. The van der Waals surface area contributed by atoms with E-state index in [4.69, 9.17) is 0 Å². The SMILES string of the molecule is O=C(CCc1cccc2ccccc12)N1CC(n2cc(-c3ccccc3)nn2)C1. The molecule has 144 valence electrons. The van der Waals surface area contributed by atoms with Crippen molar-refractivity contribution in [3.63, 3.8) is 0 Å². The molecule has 0 aliphatic carbocycles. The van der Waals surface area contributed by atoms with Gasteiger partial charge >= 0.3 is 0 Å². The van der Waals surface area contributed by atoms with Gasteiger partial charge in [0, 0.05) is 25.1 Å². The molecule has 0 bridgehead atoms. The lowest BCUT2D eigenvalue weighted by molar-refractivity contribution is -0.137. The second kappa shape index (κ2) is 7.51. The Morgan fingerprint density at radius 1 is 0.931 bits per heavy atom.